The molecule has 0 amide bonds. The number of methoxy groups -OCH3 is 2. The second kappa shape index (κ2) is 5.88. The van der Waals surface area contributed by atoms with Crippen LogP contribution in [0.4, 0.5) is 5.69 Å². The van der Waals surface area contributed by atoms with Crippen molar-refractivity contribution in [3.05, 3.63) is 18.2 Å². The van der Waals surface area contributed by atoms with Gasteiger partial charge in [0.05, 0.1) is 23.4 Å². The van der Waals surface area contributed by atoms with Gasteiger partial charge in [-0.1, -0.05) is 0 Å². The standard InChI is InChI=1S/C11H17NO4S/c1-15-6-3-7-17(13,14)9-4-5-11(16-2)10(12)8-9/h4-5,8H,3,6-7,12H2,1-2H3. The van der Waals surface area contributed by atoms with Crippen LogP contribution in [0.15, 0.2) is 23.1 Å². The van der Waals surface area contributed by atoms with E-state index >= 15 is 0 Å². The van der Waals surface area contributed by atoms with Gasteiger partial charge in [-0.05, 0) is 24.6 Å². The van der Waals surface area contributed by atoms with Gasteiger partial charge in [0.2, 0.25) is 0 Å². The second-order valence-electron chi connectivity index (χ2n) is 3.57. The Balaban J connectivity index is 2.88. The van der Waals surface area contributed by atoms with Gasteiger partial charge in [0.15, 0.2) is 9.84 Å². The molecular formula is C11H17NO4S. The van der Waals surface area contributed by atoms with Crippen molar-refractivity contribution in [1.82, 2.24) is 0 Å². The molecule has 1 aromatic carbocycles. The molecule has 0 aliphatic heterocycles. The third-order valence-electron chi connectivity index (χ3n) is 2.32. The van der Waals surface area contributed by atoms with Crippen molar-refractivity contribution in [2.24, 2.45) is 0 Å². The molecule has 0 bridgehead atoms. The molecule has 2 N–H and O–H groups in total. The summed E-state index contributed by atoms with van der Waals surface area (Å²) in [5, 5.41) is 0. The van der Waals surface area contributed by atoms with Gasteiger partial charge >= 0.3 is 0 Å². The van der Waals surface area contributed by atoms with Crippen molar-refractivity contribution in [3.63, 3.8) is 0 Å². The predicted octanol–water partition coefficient (Wildman–Crippen LogP) is 1.09. The third kappa shape index (κ3) is 3.61. The maximum absolute atomic E-state index is 11.9. The zero-order valence-corrected chi connectivity index (χ0v) is 10.8. The summed E-state index contributed by atoms with van der Waals surface area (Å²) in [5.41, 5.74) is 5.99. The summed E-state index contributed by atoms with van der Waals surface area (Å²) in [5.74, 6) is 0.521. The topological polar surface area (TPSA) is 78.6 Å². The smallest absolute Gasteiger partial charge is 0.178 e. The van der Waals surface area contributed by atoms with Gasteiger partial charge in [-0.3, -0.25) is 0 Å². The van der Waals surface area contributed by atoms with E-state index < -0.39 is 9.84 Å². The fraction of sp³-hybridized carbons (Fsp3) is 0.455. The van der Waals surface area contributed by atoms with Crippen LogP contribution < -0.4 is 10.5 Å². The van der Waals surface area contributed by atoms with Crippen molar-refractivity contribution in [1.29, 1.82) is 0 Å². The molecule has 0 radical (unpaired) electrons. The van der Waals surface area contributed by atoms with Crippen LogP contribution in [-0.4, -0.2) is 35.0 Å². The first kappa shape index (κ1) is 13.8. The Hall–Kier alpha value is -1.27. The minimum Gasteiger partial charge on any atom is -0.495 e. The molecule has 0 aromatic heterocycles. The van der Waals surface area contributed by atoms with Crippen LogP contribution in [0.1, 0.15) is 6.42 Å². The van der Waals surface area contributed by atoms with E-state index in [-0.39, 0.29) is 10.6 Å². The molecule has 0 saturated heterocycles. The van der Waals surface area contributed by atoms with E-state index in [9.17, 15) is 8.42 Å². The molecule has 0 spiro atoms. The van der Waals surface area contributed by atoms with E-state index in [0.29, 0.717) is 24.5 Å². The van der Waals surface area contributed by atoms with Crippen LogP contribution in [0.2, 0.25) is 0 Å². The largest absolute Gasteiger partial charge is 0.495 e. The maximum atomic E-state index is 11.9. The van der Waals surface area contributed by atoms with Gasteiger partial charge in [0.25, 0.3) is 0 Å². The number of sulfone groups is 1. The molecule has 5 nitrogen and oxygen atoms in total. The number of rotatable bonds is 6. The van der Waals surface area contributed by atoms with Gasteiger partial charge in [-0.25, -0.2) is 8.42 Å². The molecule has 0 saturated carbocycles. The first-order chi connectivity index (χ1) is 8.01. The van der Waals surface area contributed by atoms with Crippen LogP contribution in [0.5, 0.6) is 5.75 Å². The highest BCUT2D eigenvalue weighted by molar-refractivity contribution is 7.91. The molecule has 6 heteroatoms. The molecule has 0 aliphatic carbocycles. The van der Waals surface area contributed by atoms with Crippen LogP contribution in [0, 0.1) is 0 Å². The molecule has 0 unspecified atom stereocenters. The first-order valence-corrected chi connectivity index (χ1v) is 6.81. The summed E-state index contributed by atoms with van der Waals surface area (Å²) < 4.78 is 33.6. The number of nitrogen functional groups attached to an aromatic ring is 1. The number of ether oxygens (including phenoxy) is 2. The second-order valence-corrected chi connectivity index (χ2v) is 5.68. The Morgan fingerprint density at radius 2 is 2.00 bits per heavy atom. The number of anilines is 1. The summed E-state index contributed by atoms with van der Waals surface area (Å²) in [7, 11) is -0.271. The van der Waals surface area contributed by atoms with E-state index in [2.05, 4.69) is 0 Å². The number of nitrogens with two attached hydrogens (primary N) is 1. The zero-order valence-electron chi connectivity index (χ0n) is 9.97. The van der Waals surface area contributed by atoms with Crippen LogP contribution in [-0.2, 0) is 14.6 Å². The minimum atomic E-state index is -3.30. The lowest BCUT2D eigenvalue weighted by molar-refractivity contribution is 0.199. The van der Waals surface area contributed by atoms with Crippen molar-refractivity contribution in [2.75, 3.05) is 32.3 Å². The average molecular weight is 259 g/mol. The zero-order chi connectivity index (χ0) is 12.9. The predicted molar refractivity (Wildman–Crippen MR) is 66.0 cm³/mol. The highest BCUT2D eigenvalue weighted by atomic mass is 32.2. The Bertz CT molecular complexity index is 470. The number of benzene rings is 1. The summed E-state index contributed by atoms with van der Waals surface area (Å²) >= 11 is 0. The van der Waals surface area contributed by atoms with Crippen molar-refractivity contribution < 1.29 is 17.9 Å². The molecule has 17 heavy (non-hydrogen) atoms. The Kier molecular flexibility index (Phi) is 4.77. The van der Waals surface area contributed by atoms with Crippen LogP contribution in [0.25, 0.3) is 0 Å². The van der Waals surface area contributed by atoms with Crippen LogP contribution >= 0.6 is 0 Å². The van der Waals surface area contributed by atoms with E-state index in [1.54, 1.807) is 6.07 Å². The summed E-state index contributed by atoms with van der Waals surface area (Å²) in [4.78, 5) is 0.215. The van der Waals surface area contributed by atoms with E-state index in [4.69, 9.17) is 15.2 Å². The monoisotopic (exact) mass is 259 g/mol. The maximum Gasteiger partial charge on any atom is 0.178 e. The Morgan fingerprint density at radius 3 is 2.53 bits per heavy atom. The molecule has 0 heterocycles. The lowest BCUT2D eigenvalue weighted by Gasteiger charge is -2.08. The Morgan fingerprint density at radius 1 is 1.29 bits per heavy atom. The quantitative estimate of drug-likeness (QED) is 0.611. The average Bonchev–Trinajstić information content (AvgIpc) is 2.29. The first-order valence-electron chi connectivity index (χ1n) is 5.16. The SMILES string of the molecule is COCCCS(=O)(=O)c1ccc(OC)c(N)c1. The molecule has 1 rings (SSSR count). The van der Waals surface area contributed by atoms with Crippen molar-refractivity contribution >= 4 is 15.5 Å². The van der Waals surface area contributed by atoms with Gasteiger partial charge < -0.3 is 15.2 Å². The van der Waals surface area contributed by atoms with E-state index in [1.807, 2.05) is 0 Å². The fourth-order valence-electron chi connectivity index (χ4n) is 1.42. The molecule has 0 aliphatic rings. The lowest BCUT2D eigenvalue weighted by Crippen LogP contribution is -2.09. The fourth-order valence-corrected chi connectivity index (χ4v) is 2.73. The van der Waals surface area contributed by atoms with E-state index in [1.165, 1.54) is 26.4 Å². The lowest BCUT2D eigenvalue weighted by atomic mass is 10.3. The molecule has 96 valence electrons. The van der Waals surface area contributed by atoms with Crippen molar-refractivity contribution in [3.8, 4) is 5.75 Å². The van der Waals surface area contributed by atoms with Crippen LogP contribution in [0.3, 0.4) is 0 Å². The van der Waals surface area contributed by atoms with Gasteiger partial charge in [-0.2, -0.15) is 0 Å². The molecule has 1 aromatic rings. The van der Waals surface area contributed by atoms with Gasteiger partial charge in [0, 0.05) is 13.7 Å². The molecule has 0 atom stereocenters. The van der Waals surface area contributed by atoms with Gasteiger partial charge in [0.1, 0.15) is 5.75 Å². The summed E-state index contributed by atoms with van der Waals surface area (Å²) in [6.07, 6.45) is 0.463. The highest BCUT2D eigenvalue weighted by Crippen LogP contribution is 2.25. The molecule has 0 fully saturated rings. The molecular weight excluding hydrogens is 242 g/mol. The normalized spacial score (nSPS) is 11.4. The summed E-state index contributed by atoms with van der Waals surface area (Å²) in [6.45, 7) is 0.421. The summed E-state index contributed by atoms with van der Waals surface area (Å²) in [6, 6.07) is 4.47. The number of hydrogen-bond acceptors (Lipinski definition) is 5. The highest BCUT2D eigenvalue weighted by Gasteiger charge is 2.15. The number of hydrogen-bond donors (Lipinski definition) is 1. The Labute approximate surface area is 101 Å². The van der Waals surface area contributed by atoms with Crippen molar-refractivity contribution in [2.45, 2.75) is 11.3 Å². The minimum absolute atomic E-state index is 0.0482. The third-order valence-corrected chi connectivity index (χ3v) is 4.12. The van der Waals surface area contributed by atoms with E-state index in [0.717, 1.165) is 0 Å². The van der Waals surface area contributed by atoms with Gasteiger partial charge in [-0.15, -0.1) is 0 Å².